The number of carboxylic acid groups (broad SMARTS) is 1. The van der Waals surface area contributed by atoms with E-state index in [4.69, 9.17) is 17.3 Å². The first-order valence-electron chi connectivity index (χ1n) is 8.92. The van der Waals surface area contributed by atoms with E-state index >= 15 is 0 Å². The summed E-state index contributed by atoms with van der Waals surface area (Å²) in [6, 6.07) is 2.56. The fraction of sp³-hybridized carbons (Fsp3) is 0.500. The van der Waals surface area contributed by atoms with Crippen LogP contribution in [0.4, 0.5) is 10.6 Å². The lowest BCUT2D eigenvalue weighted by atomic mass is 9.81. The van der Waals surface area contributed by atoms with Crippen LogP contribution in [0.2, 0.25) is 0 Å². The van der Waals surface area contributed by atoms with Gasteiger partial charge in [-0.1, -0.05) is 18.3 Å². The number of carbonyl (C=O) groups excluding carboxylic acids is 2. The molecule has 10 heteroatoms. The first-order valence-corrected chi connectivity index (χ1v) is 9.33. The summed E-state index contributed by atoms with van der Waals surface area (Å²) in [7, 11) is 3.34. The first-order chi connectivity index (χ1) is 13.2. The summed E-state index contributed by atoms with van der Waals surface area (Å²) in [5.74, 6) is -0.461. The lowest BCUT2D eigenvalue weighted by molar-refractivity contribution is -0.134. The van der Waals surface area contributed by atoms with Gasteiger partial charge in [-0.25, -0.2) is 9.78 Å². The molecule has 1 aliphatic carbocycles. The Kier molecular flexibility index (Phi) is 7.27. The largest absolute Gasteiger partial charge is 0.465 e. The smallest absolute Gasteiger partial charge is 0.404 e. The number of carbonyl (C=O) groups is 3. The highest BCUT2D eigenvalue weighted by atomic mass is 32.1. The van der Waals surface area contributed by atoms with Gasteiger partial charge in [0, 0.05) is 32.3 Å². The first kappa shape index (κ1) is 21.5. The molecule has 4 N–H and O–H groups in total. The van der Waals surface area contributed by atoms with Gasteiger partial charge in [0.05, 0.1) is 6.04 Å². The monoisotopic (exact) mass is 407 g/mol. The highest BCUT2D eigenvalue weighted by Gasteiger charge is 2.36. The maximum absolute atomic E-state index is 12.3. The van der Waals surface area contributed by atoms with E-state index in [1.807, 2.05) is 13.0 Å². The highest BCUT2D eigenvalue weighted by molar-refractivity contribution is 7.82. The molecule has 1 aliphatic rings. The van der Waals surface area contributed by atoms with Crippen molar-refractivity contribution in [3.05, 3.63) is 23.9 Å². The third-order valence-electron chi connectivity index (χ3n) is 4.62. The number of amides is 3. The van der Waals surface area contributed by atoms with Crippen LogP contribution in [0, 0.1) is 12.8 Å². The van der Waals surface area contributed by atoms with Gasteiger partial charge in [-0.2, -0.15) is 0 Å². The number of aryl methyl sites for hydroxylation is 1. The van der Waals surface area contributed by atoms with Crippen molar-refractivity contribution in [3.63, 3.8) is 0 Å². The number of rotatable bonds is 4. The Morgan fingerprint density at radius 2 is 1.89 bits per heavy atom. The van der Waals surface area contributed by atoms with E-state index in [0.717, 1.165) is 5.56 Å². The predicted molar refractivity (Wildman–Crippen MR) is 108 cm³/mol. The molecule has 0 aromatic carbocycles. The Labute approximate surface area is 168 Å². The molecule has 1 fully saturated rings. The molecular weight excluding hydrogens is 382 g/mol. The number of thiocarbonyl (C=S) groups is 1. The second kappa shape index (κ2) is 9.45. The van der Waals surface area contributed by atoms with Crippen molar-refractivity contribution < 1.29 is 19.5 Å². The average Bonchev–Trinajstić information content (AvgIpc) is 2.63. The zero-order chi connectivity index (χ0) is 20.8. The summed E-state index contributed by atoms with van der Waals surface area (Å²) in [5, 5.41) is 17.1. The minimum Gasteiger partial charge on any atom is -0.465 e. The molecular formula is C18H25N5O4S. The molecule has 0 unspecified atom stereocenters. The van der Waals surface area contributed by atoms with E-state index < -0.39 is 18.0 Å². The van der Waals surface area contributed by atoms with Crippen LogP contribution in [0.1, 0.15) is 24.8 Å². The van der Waals surface area contributed by atoms with Gasteiger partial charge in [0.1, 0.15) is 5.82 Å². The zero-order valence-electron chi connectivity index (χ0n) is 16.1. The summed E-state index contributed by atoms with van der Waals surface area (Å²) in [6.45, 7) is 1.89. The van der Waals surface area contributed by atoms with Crippen LogP contribution in [0.3, 0.4) is 0 Å². The van der Waals surface area contributed by atoms with Crippen LogP contribution in [-0.4, -0.2) is 64.1 Å². The topological polar surface area (TPSA) is 124 Å². The van der Waals surface area contributed by atoms with Crippen molar-refractivity contribution in [1.82, 2.24) is 20.5 Å². The molecule has 0 radical (unpaired) electrons. The Bertz CT molecular complexity index is 753. The molecule has 1 aromatic heterocycles. The van der Waals surface area contributed by atoms with Gasteiger partial charge in [0.15, 0.2) is 4.99 Å². The average molecular weight is 407 g/mol. The van der Waals surface area contributed by atoms with Gasteiger partial charge in [-0.3, -0.25) is 9.59 Å². The van der Waals surface area contributed by atoms with Gasteiger partial charge in [-0.05, 0) is 37.8 Å². The van der Waals surface area contributed by atoms with Gasteiger partial charge in [0.25, 0.3) is 5.91 Å². The molecule has 0 bridgehead atoms. The molecule has 28 heavy (non-hydrogen) atoms. The lowest BCUT2D eigenvalue weighted by Gasteiger charge is -2.37. The third-order valence-corrected chi connectivity index (χ3v) is 4.93. The summed E-state index contributed by atoms with van der Waals surface area (Å²) >= 11 is 5.17. The zero-order valence-corrected chi connectivity index (χ0v) is 16.9. The Balaban J connectivity index is 2.00. The summed E-state index contributed by atoms with van der Waals surface area (Å²) in [6.07, 6.45) is 1.86. The molecule has 152 valence electrons. The van der Waals surface area contributed by atoms with Crippen LogP contribution >= 0.6 is 12.2 Å². The quantitative estimate of drug-likeness (QED) is 0.552. The SMILES string of the molecule is Cc1ccc(NC(=O)C(=S)N[C@H]2CC[C@H](C(=O)N(C)C)C[C@H]2NC(=O)O)nc1. The third kappa shape index (κ3) is 5.88. The number of aromatic nitrogens is 1. The van der Waals surface area contributed by atoms with E-state index in [-0.39, 0.29) is 22.9 Å². The molecule has 1 saturated carbocycles. The van der Waals surface area contributed by atoms with E-state index in [1.165, 1.54) is 4.90 Å². The van der Waals surface area contributed by atoms with E-state index in [2.05, 4.69) is 20.9 Å². The molecule has 0 saturated heterocycles. The Morgan fingerprint density at radius 3 is 2.46 bits per heavy atom. The molecule has 1 aromatic rings. The van der Waals surface area contributed by atoms with Crippen LogP contribution in [0.5, 0.6) is 0 Å². The van der Waals surface area contributed by atoms with E-state index in [9.17, 15) is 14.4 Å². The van der Waals surface area contributed by atoms with Gasteiger partial charge in [0.2, 0.25) is 5.91 Å². The summed E-state index contributed by atoms with van der Waals surface area (Å²) in [4.78, 5) is 41.2. The molecule has 3 atom stereocenters. The maximum atomic E-state index is 12.3. The van der Waals surface area contributed by atoms with E-state index in [1.54, 1.807) is 26.4 Å². The summed E-state index contributed by atoms with van der Waals surface area (Å²) in [5.41, 5.74) is 0.963. The molecule has 0 aliphatic heterocycles. The van der Waals surface area contributed by atoms with E-state index in [0.29, 0.717) is 25.1 Å². The van der Waals surface area contributed by atoms with Crippen molar-refractivity contribution in [2.45, 2.75) is 38.3 Å². The van der Waals surface area contributed by atoms with Gasteiger partial charge in [-0.15, -0.1) is 0 Å². The van der Waals surface area contributed by atoms with Crippen molar-refractivity contribution in [2.24, 2.45) is 5.92 Å². The number of pyridine rings is 1. The predicted octanol–water partition coefficient (Wildman–Crippen LogP) is 1.14. The molecule has 2 rings (SSSR count). The van der Waals surface area contributed by atoms with Crippen LogP contribution in [-0.2, 0) is 9.59 Å². The molecule has 3 amide bonds. The number of hydrogen-bond acceptors (Lipinski definition) is 5. The highest BCUT2D eigenvalue weighted by Crippen LogP contribution is 2.26. The number of hydrogen-bond donors (Lipinski definition) is 4. The number of nitrogens with zero attached hydrogens (tertiary/aromatic N) is 2. The van der Waals surface area contributed by atoms with Crippen LogP contribution < -0.4 is 16.0 Å². The lowest BCUT2D eigenvalue weighted by Crippen LogP contribution is -2.56. The van der Waals surface area contributed by atoms with Crippen molar-refractivity contribution in [1.29, 1.82) is 0 Å². The molecule has 1 heterocycles. The van der Waals surface area contributed by atoms with Crippen LogP contribution in [0.25, 0.3) is 0 Å². The normalized spacial score (nSPS) is 21.3. The second-order valence-electron chi connectivity index (χ2n) is 7.05. The fourth-order valence-electron chi connectivity index (χ4n) is 3.20. The minimum atomic E-state index is -1.19. The van der Waals surface area contributed by atoms with Crippen molar-refractivity contribution in [2.75, 3.05) is 19.4 Å². The van der Waals surface area contributed by atoms with Gasteiger partial charge < -0.3 is 26.0 Å². The number of nitrogens with one attached hydrogen (secondary N) is 3. The van der Waals surface area contributed by atoms with Crippen LogP contribution in [0.15, 0.2) is 18.3 Å². The molecule has 0 spiro atoms. The van der Waals surface area contributed by atoms with Crippen molar-refractivity contribution in [3.8, 4) is 0 Å². The second-order valence-corrected chi connectivity index (χ2v) is 7.46. The Morgan fingerprint density at radius 1 is 1.18 bits per heavy atom. The Hall–Kier alpha value is -2.75. The standard InChI is InChI=1S/C18H25N5O4S/c1-10-4-7-14(19-9-10)22-15(24)16(28)20-12-6-5-11(17(25)23(2)3)8-13(12)21-18(26)27/h4,7,9,11-13,21H,5-6,8H2,1-3H3,(H,20,28)(H,26,27)(H,19,22,24)/t11-,12-,13+/m0/s1. The number of anilines is 1. The maximum Gasteiger partial charge on any atom is 0.404 e. The van der Waals surface area contributed by atoms with Crippen molar-refractivity contribution >= 4 is 40.9 Å². The molecule has 9 nitrogen and oxygen atoms in total. The minimum absolute atomic E-state index is 0.0404. The summed E-state index contributed by atoms with van der Waals surface area (Å²) < 4.78 is 0. The van der Waals surface area contributed by atoms with Gasteiger partial charge >= 0.3 is 6.09 Å². The fourth-order valence-corrected chi connectivity index (χ4v) is 3.40.